The van der Waals surface area contributed by atoms with Crippen LogP contribution in [-0.2, 0) is 4.79 Å². The van der Waals surface area contributed by atoms with E-state index in [1.807, 2.05) is 0 Å². The molecule has 0 bridgehead atoms. The van der Waals surface area contributed by atoms with E-state index in [2.05, 4.69) is 5.32 Å². The van der Waals surface area contributed by atoms with Crippen molar-refractivity contribution in [2.75, 3.05) is 13.2 Å². The van der Waals surface area contributed by atoms with Gasteiger partial charge in [-0.15, -0.1) is 0 Å². The van der Waals surface area contributed by atoms with Crippen molar-refractivity contribution in [3.05, 3.63) is 0 Å². The average molecular weight is 298 g/mol. The first kappa shape index (κ1) is 16.1. The topological polar surface area (TPSA) is 89.9 Å². The Hall–Kier alpha value is -1.30. The molecule has 2 aliphatic carbocycles. The third kappa shape index (κ3) is 4.09. The summed E-state index contributed by atoms with van der Waals surface area (Å²) in [4.78, 5) is 25.5. The third-order valence-electron chi connectivity index (χ3n) is 4.76. The van der Waals surface area contributed by atoms with E-state index in [0.717, 1.165) is 44.9 Å². The van der Waals surface area contributed by atoms with E-state index in [9.17, 15) is 19.8 Å². The second kappa shape index (κ2) is 7.64. The van der Waals surface area contributed by atoms with Crippen LogP contribution in [0.3, 0.4) is 0 Å². The second-order valence-electron chi connectivity index (χ2n) is 6.14. The molecule has 6 heteroatoms. The molecule has 0 radical (unpaired) electrons. The molecule has 0 aromatic carbocycles. The van der Waals surface area contributed by atoms with E-state index in [-0.39, 0.29) is 24.7 Å². The highest BCUT2D eigenvalue weighted by Crippen LogP contribution is 2.26. The van der Waals surface area contributed by atoms with Crippen molar-refractivity contribution in [2.24, 2.45) is 5.92 Å². The Labute approximate surface area is 125 Å². The molecule has 120 valence electrons. The summed E-state index contributed by atoms with van der Waals surface area (Å²) in [6, 6.07) is -0.315. The number of hydrogen-bond acceptors (Lipinski definition) is 3. The first-order chi connectivity index (χ1) is 10.1. The summed E-state index contributed by atoms with van der Waals surface area (Å²) < 4.78 is 0. The summed E-state index contributed by atoms with van der Waals surface area (Å²) in [7, 11) is 0. The Morgan fingerprint density at radius 3 is 2.29 bits per heavy atom. The molecule has 21 heavy (non-hydrogen) atoms. The van der Waals surface area contributed by atoms with Gasteiger partial charge in [-0.1, -0.05) is 25.7 Å². The minimum Gasteiger partial charge on any atom is -0.481 e. The zero-order valence-electron chi connectivity index (χ0n) is 12.5. The molecule has 0 saturated heterocycles. The van der Waals surface area contributed by atoms with Crippen LogP contribution in [0, 0.1) is 5.92 Å². The molecule has 3 N–H and O–H groups in total. The van der Waals surface area contributed by atoms with Gasteiger partial charge in [0.15, 0.2) is 0 Å². The summed E-state index contributed by atoms with van der Waals surface area (Å²) >= 11 is 0. The van der Waals surface area contributed by atoms with Crippen LogP contribution in [0.15, 0.2) is 0 Å². The molecule has 0 aliphatic heterocycles. The summed E-state index contributed by atoms with van der Waals surface area (Å²) in [6.07, 6.45) is 7.39. The van der Waals surface area contributed by atoms with Crippen molar-refractivity contribution >= 4 is 12.0 Å². The summed E-state index contributed by atoms with van der Waals surface area (Å²) in [5.74, 6) is -1.31. The SMILES string of the molecule is O=C(O)C1CCCCC1NC(=O)N(CCO)C1CCCC1. The van der Waals surface area contributed by atoms with Gasteiger partial charge in [-0.25, -0.2) is 4.79 Å². The molecule has 2 fully saturated rings. The highest BCUT2D eigenvalue weighted by Gasteiger charge is 2.34. The molecule has 0 heterocycles. The Balaban J connectivity index is 1.97. The fourth-order valence-corrected chi connectivity index (χ4v) is 3.61. The molecular weight excluding hydrogens is 272 g/mol. The maximum Gasteiger partial charge on any atom is 0.317 e. The number of amides is 2. The molecule has 0 aromatic rings. The predicted molar refractivity (Wildman–Crippen MR) is 78.0 cm³/mol. The smallest absolute Gasteiger partial charge is 0.317 e. The normalized spacial score (nSPS) is 26.5. The minimum atomic E-state index is -0.824. The lowest BCUT2D eigenvalue weighted by Crippen LogP contribution is -2.53. The maximum absolute atomic E-state index is 12.5. The standard InChI is InChI=1S/C15H26N2O4/c18-10-9-17(11-5-1-2-6-11)15(21)16-13-8-4-3-7-12(13)14(19)20/h11-13,18H,1-10H2,(H,16,21)(H,19,20). The largest absolute Gasteiger partial charge is 0.481 e. The molecule has 2 amide bonds. The van der Waals surface area contributed by atoms with Gasteiger partial charge in [0.25, 0.3) is 0 Å². The molecule has 2 aliphatic rings. The van der Waals surface area contributed by atoms with Gasteiger partial charge in [-0.2, -0.15) is 0 Å². The van der Waals surface area contributed by atoms with Crippen molar-refractivity contribution in [2.45, 2.75) is 63.5 Å². The van der Waals surface area contributed by atoms with Crippen LogP contribution in [-0.4, -0.2) is 52.3 Å². The molecule has 2 saturated carbocycles. The van der Waals surface area contributed by atoms with Crippen LogP contribution in [0.5, 0.6) is 0 Å². The molecule has 2 atom stereocenters. The van der Waals surface area contributed by atoms with Crippen LogP contribution in [0.1, 0.15) is 51.4 Å². The van der Waals surface area contributed by atoms with E-state index >= 15 is 0 Å². The second-order valence-corrected chi connectivity index (χ2v) is 6.14. The minimum absolute atomic E-state index is 0.0586. The van der Waals surface area contributed by atoms with Crippen molar-refractivity contribution in [3.63, 3.8) is 0 Å². The van der Waals surface area contributed by atoms with Crippen LogP contribution in [0.25, 0.3) is 0 Å². The van der Waals surface area contributed by atoms with Crippen LogP contribution >= 0.6 is 0 Å². The number of nitrogens with one attached hydrogen (secondary N) is 1. The molecule has 0 spiro atoms. The summed E-state index contributed by atoms with van der Waals surface area (Å²) in [6.45, 7) is 0.262. The van der Waals surface area contributed by atoms with Crippen LogP contribution in [0.4, 0.5) is 4.79 Å². The lowest BCUT2D eigenvalue weighted by molar-refractivity contribution is -0.143. The van der Waals surface area contributed by atoms with Crippen LogP contribution < -0.4 is 5.32 Å². The fraction of sp³-hybridized carbons (Fsp3) is 0.867. The predicted octanol–water partition coefficient (Wildman–Crippen LogP) is 1.58. The Kier molecular flexibility index (Phi) is 5.85. The number of carboxylic acid groups (broad SMARTS) is 1. The zero-order chi connectivity index (χ0) is 15.2. The lowest BCUT2D eigenvalue weighted by atomic mass is 9.84. The number of hydrogen-bond donors (Lipinski definition) is 3. The number of rotatable bonds is 5. The number of nitrogens with zero attached hydrogens (tertiary/aromatic N) is 1. The van der Waals surface area contributed by atoms with E-state index in [1.54, 1.807) is 4.90 Å². The number of aliphatic hydroxyl groups is 1. The Bertz CT molecular complexity index is 369. The van der Waals surface area contributed by atoms with E-state index < -0.39 is 11.9 Å². The van der Waals surface area contributed by atoms with Crippen molar-refractivity contribution < 1.29 is 19.8 Å². The van der Waals surface area contributed by atoms with Gasteiger partial charge >= 0.3 is 12.0 Å². The highest BCUT2D eigenvalue weighted by atomic mass is 16.4. The van der Waals surface area contributed by atoms with Crippen molar-refractivity contribution in [1.82, 2.24) is 10.2 Å². The van der Waals surface area contributed by atoms with E-state index in [0.29, 0.717) is 13.0 Å². The number of carboxylic acids is 1. The van der Waals surface area contributed by atoms with Crippen molar-refractivity contribution in [3.8, 4) is 0 Å². The molecule has 2 unspecified atom stereocenters. The Morgan fingerprint density at radius 2 is 1.67 bits per heavy atom. The van der Waals surface area contributed by atoms with Gasteiger partial charge in [-0.3, -0.25) is 4.79 Å². The van der Waals surface area contributed by atoms with Gasteiger partial charge < -0.3 is 20.4 Å². The molecule has 2 rings (SSSR count). The van der Waals surface area contributed by atoms with Gasteiger partial charge in [-0.05, 0) is 25.7 Å². The first-order valence-electron chi connectivity index (χ1n) is 8.04. The van der Waals surface area contributed by atoms with Crippen molar-refractivity contribution in [1.29, 1.82) is 0 Å². The molecule has 6 nitrogen and oxygen atoms in total. The first-order valence-corrected chi connectivity index (χ1v) is 8.04. The van der Waals surface area contributed by atoms with Crippen LogP contribution in [0.2, 0.25) is 0 Å². The molecule has 0 aromatic heterocycles. The van der Waals surface area contributed by atoms with Gasteiger partial charge in [0, 0.05) is 18.6 Å². The number of aliphatic hydroxyl groups excluding tert-OH is 1. The lowest BCUT2D eigenvalue weighted by Gasteiger charge is -2.34. The van der Waals surface area contributed by atoms with E-state index in [4.69, 9.17) is 0 Å². The zero-order valence-corrected chi connectivity index (χ0v) is 12.5. The number of aliphatic carboxylic acids is 1. The average Bonchev–Trinajstić information content (AvgIpc) is 2.98. The quantitative estimate of drug-likeness (QED) is 0.719. The van der Waals surface area contributed by atoms with Gasteiger partial charge in [0.05, 0.1) is 12.5 Å². The van der Waals surface area contributed by atoms with E-state index in [1.165, 1.54) is 0 Å². The maximum atomic E-state index is 12.5. The number of urea groups is 1. The third-order valence-corrected chi connectivity index (χ3v) is 4.76. The molecular formula is C15H26N2O4. The fourth-order valence-electron chi connectivity index (χ4n) is 3.61. The Morgan fingerprint density at radius 1 is 1.05 bits per heavy atom. The summed E-state index contributed by atoms with van der Waals surface area (Å²) in [5, 5.41) is 21.4. The highest BCUT2D eigenvalue weighted by molar-refractivity contribution is 5.77. The number of carbonyl (C=O) groups is 2. The van der Waals surface area contributed by atoms with Gasteiger partial charge in [0.2, 0.25) is 0 Å². The van der Waals surface area contributed by atoms with Gasteiger partial charge in [0.1, 0.15) is 0 Å². The number of carbonyl (C=O) groups excluding carboxylic acids is 1. The summed E-state index contributed by atoms with van der Waals surface area (Å²) in [5.41, 5.74) is 0. The monoisotopic (exact) mass is 298 g/mol.